The molecule has 1 N–H and O–H groups in total. The third-order valence-electron chi connectivity index (χ3n) is 1.40. The molecule has 0 saturated carbocycles. The van der Waals surface area contributed by atoms with Crippen LogP contribution in [-0.4, -0.2) is 6.54 Å². The number of hydrogen-bond donors (Lipinski definition) is 1. The van der Waals surface area contributed by atoms with Gasteiger partial charge in [-0.1, -0.05) is 12.7 Å². The molecule has 0 spiro atoms. The van der Waals surface area contributed by atoms with Gasteiger partial charge >= 0.3 is 0 Å². The maximum absolute atomic E-state index is 12.5. The highest BCUT2D eigenvalue weighted by molar-refractivity contribution is 5.36. The predicted molar refractivity (Wildman–Crippen MR) is 51.4 cm³/mol. The van der Waals surface area contributed by atoms with Crippen molar-refractivity contribution in [1.82, 2.24) is 5.32 Å². The molecule has 68 valence electrons. The minimum absolute atomic E-state index is 0.206. The van der Waals surface area contributed by atoms with E-state index in [2.05, 4.69) is 11.9 Å². The molecule has 0 heterocycles. The van der Waals surface area contributed by atoms with Crippen LogP contribution >= 0.6 is 0 Å². The molecule has 0 bridgehead atoms. The first kappa shape index (κ1) is 11.0. The fraction of sp³-hybridized carbons (Fsp3) is 0.400. The summed E-state index contributed by atoms with van der Waals surface area (Å²) >= 11 is 0. The molecule has 0 rings (SSSR count). The molecule has 0 amide bonds. The van der Waals surface area contributed by atoms with Crippen molar-refractivity contribution < 1.29 is 4.39 Å². The summed E-state index contributed by atoms with van der Waals surface area (Å²) in [5.41, 5.74) is 1.56. The van der Waals surface area contributed by atoms with Gasteiger partial charge in [0.2, 0.25) is 0 Å². The van der Waals surface area contributed by atoms with Crippen molar-refractivity contribution in [2.24, 2.45) is 0 Å². The summed E-state index contributed by atoms with van der Waals surface area (Å²) in [5.74, 6) is -0.206. The second-order valence-electron chi connectivity index (χ2n) is 2.48. The predicted octanol–water partition coefficient (Wildman–Crippen LogP) is 2.93. The Morgan fingerprint density at radius 3 is 2.50 bits per heavy atom. The molecule has 0 aromatic heterocycles. The Labute approximate surface area is 73.7 Å². The zero-order chi connectivity index (χ0) is 9.56. The van der Waals surface area contributed by atoms with Crippen LogP contribution in [0, 0.1) is 0 Å². The van der Waals surface area contributed by atoms with E-state index in [1.165, 1.54) is 13.0 Å². The van der Waals surface area contributed by atoms with Crippen molar-refractivity contribution in [3.8, 4) is 0 Å². The van der Waals surface area contributed by atoms with Crippen LogP contribution in [0.25, 0.3) is 0 Å². The number of likely N-dealkylation sites (N-methyl/N-ethyl adjacent to an activating group) is 1. The minimum Gasteiger partial charge on any atom is -0.385 e. The van der Waals surface area contributed by atoms with Crippen LogP contribution in [-0.2, 0) is 0 Å². The molecule has 0 fully saturated rings. The fourth-order valence-corrected chi connectivity index (χ4v) is 0.874. The summed E-state index contributed by atoms with van der Waals surface area (Å²) in [5, 5.41) is 3.03. The van der Waals surface area contributed by atoms with Gasteiger partial charge in [0.1, 0.15) is 0 Å². The summed E-state index contributed by atoms with van der Waals surface area (Å²) in [6.07, 6.45) is 3.29. The summed E-state index contributed by atoms with van der Waals surface area (Å²) in [7, 11) is 0. The zero-order valence-electron chi connectivity index (χ0n) is 7.95. The van der Waals surface area contributed by atoms with E-state index in [0.717, 1.165) is 17.8 Å². The van der Waals surface area contributed by atoms with Gasteiger partial charge in [-0.15, -0.1) is 0 Å². The molecule has 0 aliphatic carbocycles. The van der Waals surface area contributed by atoms with E-state index in [4.69, 9.17) is 0 Å². The second-order valence-corrected chi connectivity index (χ2v) is 2.48. The lowest BCUT2D eigenvalue weighted by molar-refractivity contribution is 0.639. The normalized spacial score (nSPS) is 13.0. The van der Waals surface area contributed by atoms with Crippen LogP contribution in [0.2, 0.25) is 0 Å². The van der Waals surface area contributed by atoms with Crippen molar-refractivity contribution >= 4 is 0 Å². The maximum atomic E-state index is 12.5. The van der Waals surface area contributed by atoms with Crippen LogP contribution in [0.4, 0.5) is 4.39 Å². The van der Waals surface area contributed by atoms with Crippen molar-refractivity contribution in [2.75, 3.05) is 6.54 Å². The number of rotatable bonds is 4. The number of hydrogen-bond acceptors (Lipinski definition) is 1. The molecule has 0 unspecified atom stereocenters. The molecule has 0 aliphatic heterocycles. The Kier molecular flexibility index (Phi) is 5.09. The molecule has 0 radical (unpaired) electrons. The highest BCUT2D eigenvalue weighted by Crippen LogP contribution is 2.09. The van der Waals surface area contributed by atoms with Gasteiger partial charge in [0, 0.05) is 12.2 Å². The van der Waals surface area contributed by atoms with Crippen LogP contribution in [0.5, 0.6) is 0 Å². The largest absolute Gasteiger partial charge is 0.385 e. The smallest absolute Gasteiger partial charge is 0.0975 e. The average Bonchev–Trinajstić information content (AvgIpc) is 2.00. The quantitative estimate of drug-likeness (QED) is 0.638. The highest BCUT2D eigenvalue weighted by atomic mass is 19.1. The first-order valence-corrected chi connectivity index (χ1v) is 4.05. The Balaban J connectivity index is 4.38. The van der Waals surface area contributed by atoms with E-state index >= 15 is 0 Å². The third kappa shape index (κ3) is 3.96. The molecule has 12 heavy (non-hydrogen) atoms. The molecule has 0 aromatic rings. The number of halogens is 1. The van der Waals surface area contributed by atoms with E-state index in [1.54, 1.807) is 0 Å². The zero-order valence-corrected chi connectivity index (χ0v) is 7.95. The Bertz CT molecular complexity index is 210. The van der Waals surface area contributed by atoms with E-state index in [-0.39, 0.29) is 5.83 Å². The van der Waals surface area contributed by atoms with Gasteiger partial charge in [-0.25, -0.2) is 4.39 Å². The van der Waals surface area contributed by atoms with E-state index in [0.29, 0.717) is 0 Å². The Hall–Kier alpha value is -1.05. The van der Waals surface area contributed by atoms with Gasteiger partial charge in [-0.2, -0.15) is 0 Å². The number of nitrogens with one attached hydrogen (secondary N) is 1. The molecular weight excluding hydrogens is 153 g/mol. The van der Waals surface area contributed by atoms with E-state index < -0.39 is 0 Å². The molecular formula is C10H16FN. The summed E-state index contributed by atoms with van der Waals surface area (Å²) < 4.78 is 12.5. The fourth-order valence-electron chi connectivity index (χ4n) is 0.874. The molecule has 0 aliphatic rings. The maximum Gasteiger partial charge on any atom is 0.0975 e. The average molecular weight is 169 g/mol. The van der Waals surface area contributed by atoms with Crippen LogP contribution in [0.1, 0.15) is 20.8 Å². The molecule has 0 atom stereocenters. The SMILES string of the molecule is C=C(NCC)C(/C=C(\C)F)=C/C. The van der Waals surface area contributed by atoms with Gasteiger partial charge in [0.05, 0.1) is 5.83 Å². The van der Waals surface area contributed by atoms with Crippen LogP contribution < -0.4 is 5.32 Å². The summed E-state index contributed by atoms with van der Waals surface area (Å²) in [4.78, 5) is 0. The minimum atomic E-state index is -0.206. The Morgan fingerprint density at radius 1 is 1.58 bits per heavy atom. The lowest BCUT2D eigenvalue weighted by atomic mass is 10.2. The lowest BCUT2D eigenvalue weighted by Gasteiger charge is -2.07. The topological polar surface area (TPSA) is 12.0 Å². The van der Waals surface area contributed by atoms with Crippen molar-refractivity contribution in [3.05, 3.63) is 35.8 Å². The van der Waals surface area contributed by atoms with Gasteiger partial charge < -0.3 is 5.32 Å². The molecule has 2 heteroatoms. The van der Waals surface area contributed by atoms with Gasteiger partial charge in [0.25, 0.3) is 0 Å². The number of allylic oxidation sites excluding steroid dienone is 3. The highest BCUT2D eigenvalue weighted by Gasteiger charge is 1.96. The van der Waals surface area contributed by atoms with Crippen molar-refractivity contribution in [2.45, 2.75) is 20.8 Å². The van der Waals surface area contributed by atoms with Crippen molar-refractivity contribution in [3.63, 3.8) is 0 Å². The van der Waals surface area contributed by atoms with Crippen LogP contribution in [0.3, 0.4) is 0 Å². The van der Waals surface area contributed by atoms with E-state index in [1.807, 2.05) is 19.9 Å². The standard InChI is InChI=1S/C10H16FN/c1-5-10(7-8(3)11)9(4)12-6-2/h5,7,12H,4,6H2,1-3H3/b8-7+,10-5+. The van der Waals surface area contributed by atoms with Gasteiger partial charge in [0.15, 0.2) is 0 Å². The van der Waals surface area contributed by atoms with Crippen LogP contribution in [0.15, 0.2) is 35.8 Å². The molecule has 0 aromatic carbocycles. The Morgan fingerprint density at radius 2 is 2.17 bits per heavy atom. The second kappa shape index (κ2) is 5.58. The summed E-state index contributed by atoms with van der Waals surface area (Å²) in [6, 6.07) is 0. The first-order chi connectivity index (χ1) is 5.61. The lowest BCUT2D eigenvalue weighted by Crippen LogP contribution is -2.12. The van der Waals surface area contributed by atoms with Gasteiger partial charge in [-0.05, 0) is 32.4 Å². The molecule has 0 saturated heterocycles. The van der Waals surface area contributed by atoms with Crippen molar-refractivity contribution in [1.29, 1.82) is 0 Å². The first-order valence-electron chi connectivity index (χ1n) is 4.05. The van der Waals surface area contributed by atoms with E-state index in [9.17, 15) is 4.39 Å². The van der Waals surface area contributed by atoms with Gasteiger partial charge in [-0.3, -0.25) is 0 Å². The monoisotopic (exact) mass is 169 g/mol. The summed E-state index contributed by atoms with van der Waals surface area (Å²) in [6.45, 7) is 9.83. The molecule has 1 nitrogen and oxygen atoms in total. The third-order valence-corrected chi connectivity index (χ3v) is 1.40.